The number of nitrogens with zero attached hydrogens (tertiary/aromatic N) is 4. The van der Waals surface area contributed by atoms with E-state index in [-0.39, 0.29) is 11.5 Å². The Balaban J connectivity index is 2.05. The Labute approximate surface area is 150 Å². The first kappa shape index (κ1) is 15.7. The average Bonchev–Trinajstić information content (AvgIpc) is 2.71. The van der Waals surface area contributed by atoms with Gasteiger partial charge in [-0.3, -0.25) is 25.8 Å². The first-order valence-electron chi connectivity index (χ1n) is 8.01. The zero-order valence-corrected chi connectivity index (χ0v) is 13.7. The summed E-state index contributed by atoms with van der Waals surface area (Å²) < 4.78 is 0. The fourth-order valence-electron chi connectivity index (χ4n) is 2.80. The lowest BCUT2D eigenvalue weighted by Crippen LogP contribution is -2.25. The molecular weight excluding hydrogens is 324 g/mol. The molecule has 0 amide bonds. The first-order chi connectivity index (χ1) is 12.8. The molecule has 6 nitrogen and oxygen atoms in total. The second kappa shape index (κ2) is 6.60. The van der Waals surface area contributed by atoms with Crippen LogP contribution in [0.1, 0.15) is 17.1 Å². The maximum atomic E-state index is 8.44. The minimum atomic E-state index is -0.119. The Morgan fingerprint density at radius 1 is 0.577 bits per heavy atom. The van der Waals surface area contributed by atoms with Gasteiger partial charge in [0.1, 0.15) is 11.4 Å². The summed E-state index contributed by atoms with van der Waals surface area (Å²) in [5.74, 6) is -0.119. The molecule has 4 heterocycles. The van der Waals surface area contributed by atoms with Gasteiger partial charge < -0.3 is 0 Å². The Morgan fingerprint density at radius 3 is 1.58 bits per heavy atom. The molecule has 6 heteroatoms. The highest BCUT2D eigenvalue weighted by Gasteiger charge is 2.30. The third kappa shape index (κ3) is 2.73. The molecule has 0 atom stereocenters. The normalized spacial score (nSPS) is 14.4. The van der Waals surface area contributed by atoms with Crippen molar-refractivity contribution in [3.05, 3.63) is 90.3 Å². The monoisotopic (exact) mass is 338 g/mol. The van der Waals surface area contributed by atoms with Crippen LogP contribution in [0, 0.1) is 10.8 Å². The summed E-state index contributed by atoms with van der Waals surface area (Å²) in [5.41, 5.74) is 3.61. The summed E-state index contributed by atoms with van der Waals surface area (Å²) in [5, 5.41) is 16.6. The zero-order chi connectivity index (χ0) is 17.9. The smallest absolute Gasteiger partial charge is 0.171 e. The van der Waals surface area contributed by atoms with E-state index in [1.54, 1.807) is 18.6 Å². The van der Waals surface area contributed by atoms with Gasteiger partial charge in [0.25, 0.3) is 0 Å². The molecule has 1 aliphatic rings. The summed E-state index contributed by atoms with van der Waals surface area (Å²) in [6, 6.07) is 16.6. The Kier molecular flexibility index (Phi) is 3.99. The predicted octanol–water partition coefficient (Wildman–Crippen LogP) is 3.28. The highest BCUT2D eigenvalue weighted by Crippen LogP contribution is 2.32. The number of amidine groups is 1. The van der Waals surface area contributed by atoms with Gasteiger partial charge in [-0.1, -0.05) is 18.2 Å². The summed E-state index contributed by atoms with van der Waals surface area (Å²) in [4.78, 5) is 17.6. The van der Waals surface area contributed by atoms with Gasteiger partial charge in [-0.2, -0.15) is 0 Å². The standard InChI is InChI=1S/C20H14N6/c21-18-16(13-7-1-4-10-23-13)17(14-8-2-5-11-24-14)19(26-20(18)22)15-9-3-6-12-25-15/h1-12,21-22H. The van der Waals surface area contributed by atoms with E-state index in [0.29, 0.717) is 33.9 Å². The molecule has 26 heavy (non-hydrogen) atoms. The lowest BCUT2D eigenvalue weighted by Gasteiger charge is -2.21. The molecule has 2 N–H and O–H groups in total. The van der Waals surface area contributed by atoms with Gasteiger partial charge in [0, 0.05) is 29.7 Å². The predicted molar refractivity (Wildman–Crippen MR) is 102 cm³/mol. The number of dihydropyridines is 1. The number of aromatic nitrogens is 3. The van der Waals surface area contributed by atoms with Crippen molar-refractivity contribution in [3.8, 4) is 0 Å². The molecule has 1 aliphatic heterocycles. The van der Waals surface area contributed by atoms with E-state index in [9.17, 15) is 0 Å². The van der Waals surface area contributed by atoms with Crippen molar-refractivity contribution in [2.24, 2.45) is 4.99 Å². The third-order valence-corrected chi connectivity index (χ3v) is 3.95. The maximum Gasteiger partial charge on any atom is 0.171 e. The van der Waals surface area contributed by atoms with Crippen LogP contribution in [0.2, 0.25) is 0 Å². The minimum absolute atomic E-state index is 0.0176. The summed E-state index contributed by atoms with van der Waals surface area (Å²) in [6.45, 7) is 0. The number of hydrogen-bond donors (Lipinski definition) is 2. The minimum Gasteiger partial charge on any atom is -0.296 e. The van der Waals surface area contributed by atoms with Gasteiger partial charge >= 0.3 is 0 Å². The van der Waals surface area contributed by atoms with E-state index < -0.39 is 0 Å². The fraction of sp³-hybridized carbons (Fsp3) is 0. The van der Waals surface area contributed by atoms with E-state index in [1.165, 1.54) is 0 Å². The maximum absolute atomic E-state index is 8.44. The van der Waals surface area contributed by atoms with E-state index in [0.717, 1.165) is 0 Å². The second-order valence-corrected chi connectivity index (χ2v) is 5.58. The first-order valence-corrected chi connectivity index (χ1v) is 8.01. The molecule has 0 saturated heterocycles. The number of pyridine rings is 3. The molecule has 0 bridgehead atoms. The number of hydrogen-bond acceptors (Lipinski definition) is 5. The zero-order valence-electron chi connectivity index (χ0n) is 13.7. The molecule has 0 saturated carbocycles. The molecule has 0 aliphatic carbocycles. The van der Waals surface area contributed by atoms with Crippen LogP contribution in [-0.2, 0) is 0 Å². The van der Waals surface area contributed by atoms with Crippen LogP contribution >= 0.6 is 0 Å². The highest BCUT2D eigenvalue weighted by atomic mass is 14.9. The third-order valence-electron chi connectivity index (χ3n) is 3.95. The molecule has 0 spiro atoms. The topological polar surface area (TPSA) is 98.7 Å². The van der Waals surface area contributed by atoms with Crippen LogP contribution in [0.3, 0.4) is 0 Å². The molecule has 3 aromatic rings. The van der Waals surface area contributed by atoms with Gasteiger partial charge in [0.15, 0.2) is 5.84 Å². The van der Waals surface area contributed by atoms with Crippen molar-refractivity contribution in [1.29, 1.82) is 10.8 Å². The van der Waals surface area contributed by atoms with Crippen LogP contribution in [0.5, 0.6) is 0 Å². The highest BCUT2D eigenvalue weighted by molar-refractivity contribution is 6.66. The summed E-state index contributed by atoms with van der Waals surface area (Å²) in [7, 11) is 0. The van der Waals surface area contributed by atoms with Crippen LogP contribution in [-0.4, -0.2) is 32.2 Å². The molecule has 0 aromatic carbocycles. The molecule has 3 aromatic heterocycles. The van der Waals surface area contributed by atoms with Crippen LogP contribution in [0.25, 0.3) is 11.1 Å². The molecule has 4 rings (SSSR count). The van der Waals surface area contributed by atoms with Crippen LogP contribution in [0.4, 0.5) is 0 Å². The van der Waals surface area contributed by atoms with Gasteiger partial charge in [0.05, 0.1) is 17.1 Å². The fourth-order valence-corrected chi connectivity index (χ4v) is 2.80. The summed E-state index contributed by atoms with van der Waals surface area (Å²) >= 11 is 0. The van der Waals surface area contributed by atoms with E-state index in [2.05, 4.69) is 19.9 Å². The summed E-state index contributed by atoms with van der Waals surface area (Å²) in [6.07, 6.45) is 5.04. The van der Waals surface area contributed by atoms with E-state index in [1.807, 2.05) is 54.6 Å². The van der Waals surface area contributed by atoms with Crippen molar-refractivity contribution in [3.63, 3.8) is 0 Å². The number of rotatable bonds is 3. The lowest BCUT2D eigenvalue weighted by atomic mass is 9.89. The van der Waals surface area contributed by atoms with Gasteiger partial charge in [-0.15, -0.1) is 0 Å². The number of nitrogens with one attached hydrogen (secondary N) is 2. The van der Waals surface area contributed by atoms with Crippen molar-refractivity contribution in [2.75, 3.05) is 0 Å². The Bertz CT molecular complexity index is 1040. The van der Waals surface area contributed by atoms with Gasteiger partial charge in [0.2, 0.25) is 0 Å². The van der Waals surface area contributed by atoms with Crippen molar-refractivity contribution in [1.82, 2.24) is 15.0 Å². The average molecular weight is 338 g/mol. The Hall–Kier alpha value is -3.80. The van der Waals surface area contributed by atoms with Gasteiger partial charge in [-0.05, 0) is 36.4 Å². The second-order valence-electron chi connectivity index (χ2n) is 5.58. The van der Waals surface area contributed by atoms with Crippen LogP contribution in [0.15, 0.2) is 78.2 Å². The van der Waals surface area contributed by atoms with Crippen LogP contribution < -0.4 is 0 Å². The molecule has 0 fully saturated rings. The van der Waals surface area contributed by atoms with Crippen molar-refractivity contribution >= 4 is 28.4 Å². The molecular formula is C20H14N6. The molecule has 0 unspecified atom stereocenters. The number of aliphatic imine (C=N–C) groups is 1. The number of allylic oxidation sites excluding steroid dienone is 1. The van der Waals surface area contributed by atoms with E-state index >= 15 is 0 Å². The van der Waals surface area contributed by atoms with Crippen molar-refractivity contribution in [2.45, 2.75) is 0 Å². The molecule has 0 radical (unpaired) electrons. The quantitative estimate of drug-likeness (QED) is 0.766. The molecule has 124 valence electrons. The van der Waals surface area contributed by atoms with Crippen molar-refractivity contribution < 1.29 is 0 Å². The lowest BCUT2D eigenvalue weighted by molar-refractivity contribution is 1.25. The SMILES string of the molecule is N=C1N=C(c2ccccn2)C(c2ccccn2)=C(c2ccccn2)C1=N. The van der Waals surface area contributed by atoms with Gasteiger partial charge in [-0.25, -0.2) is 4.99 Å². The largest absolute Gasteiger partial charge is 0.296 e. The van der Waals surface area contributed by atoms with E-state index in [4.69, 9.17) is 10.8 Å². The Morgan fingerprint density at radius 2 is 1.08 bits per heavy atom.